The van der Waals surface area contributed by atoms with E-state index in [1.165, 1.54) is 23.5 Å². The summed E-state index contributed by atoms with van der Waals surface area (Å²) in [7, 11) is -3.75. The smallest absolute Gasteiger partial charge is 0.261 e. The number of sulfonamides is 1. The molecule has 0 bridgehead atoms. The SMILES string of the molecule is Cc1cccc(C)c1NS(=O)(=O)c1ccc(NC(=O)Cc2csc(-c3ccco3)n2)cc1. The predicted molar refractivity (Wildman–Crippen MR) is 125 cm³/mol. The molecule has 32 heavy (non-hydrogen) atoms. The Hall–Kier alpha value is -3.43. The zero-order chi connectivity index (χ0) is 22.7. The maximum absolute atomic E-state index is 12.8. The van der Waals surface area contributed by atoms with E-state index in [-0.39, 0.29) is 17.2 Å². The van der Waals surface area contributed by atoms with Gasteiger partial charge in [0.1, 0.15) is 0 Å². The number of rotatable bonds is 7. The Morgan fingerprint density at radius 3 is 2.41 bits per heavy atom. The molecule has 4 aromatic rings. The number of hydrogen-bond acceptors (Lipinski definition) is 6. The first-order valence-electron chi connectivity index (χ1n) is 9.79. The first-order valence-corrected chi connectivity index (χ1v) is 12.2. The number of aromatic nitrogens is 1. The number of nitrogens with one attached hydrogen (secondary N) is 2. The highest BCUT2D eigenvalue weighted by Crippen LogP contribution is 2.25. The number of carbonyl (C=O) groups excluding carboxylic acids is 1. The summed E-state index contributed by atoms with van der Waals surface area (Å²) < 4.78 is 33.5. The Labute approximate surface area is 190 Å². The van der Waals surface area contributed by atoms with E-state index in [0.717, 1.165) is 11.1 Å². The van der Waals surface area contributed by atoms with Crippen molar-refractivity contribution < 1.29 is 17.6 Å². The van der Waals surface area contributed by atoms with Crippen molar-refractivity contribution in [2.45, 2.75) is 25.2 Å². The molecular weight excluding hydrogens is 446 g/mol. The maximum Gasteiger partial charge on any atom is 0.261 e. The molecule has 0 unspecified atom stereocenters. The van der Waals surface area contributed by atoms with Crippen molar-refractivity contribution in [2.75, 3.05) is 10.0 Å². The van der Waals surface area contributed by atoms with Gasteiger partial charge in [0.05, 0.1) is 29.0 Å². The van der Waals surface area contributed by atoms with Gasteiger partial charge in [-0.05, 0) is 61.4 Å². The minimum atomic E-state index is -3.75. The third-order valence-corrected chi connectivity index (χ3v) is 7.06. The maximum atomic E-state index is 12.8. The molecule has 0 aliphatic carbocycles. The number of furan rings is 1. The largest absolute Gasteiger partial charge is 0.462 e. The van der Waals surface area contributed by atoms with Gasteiger partial charge in [-0.3, -0.25) is 9.52 Å². The van der Waals surface area contributed by atoms with E-state index in [0.29, 0.717) is 27.8 Å². The molecule has 0 radical (unpaired) electrons. The van der Waals surface area contributed by atoms with Crippen LogP contribution in [0.15, 0.2) is 75.6 Å². The summed E-state index contributed by atoms with van der Waals surface area (Å²) in [4.78, 5) is 16.9. The van der Waals surface area contributed by atoms with Crippen molar-refractivity contribution in [1.29, 1.82) is 0 Å². The lowest BCUT2D eigenvalue weighted by atomic mass is 10.1. The fourth-order valence-electron chi connectivity index (χ4n) is 3.16. The topological polar surface area (TPSA) is 101 Å². The Morgan fingerprint density at radius 1 is 1.03 bits per heavy atom. The van der Waals surface area contributed by atoms with Crippen LogP contribution in [0.5, 0.6) is 0 Å². The fourth-order valence-corrected chi connectivity index (χ4v) is 5.15. The second-order valence-electron chi connectivity index (χ2n) is 7.24. The Balaban J connectivity index is 1.40. The molecule has 0 spiro atoms. The fraction of sp³-hybridized carbons (Fsp3) is 0.130. The van der Waals surface area contributed by atoms with Gasteiger partial charge >= 0.3 is 0 Å². The van der Waals surface area contributed by atoms with Gasteiger partial charge in [0.25, 0.3) is 10.0 Å². The standard InChI is InChI=1S/C23H21N3O4S2/c1-15-5-3-6-16(2)22(15)26-32(28,29)19-10-8-17(9-11-19)24-21(27)13-18-14-31-23(25-18)20-7-4-12-30-20/h3-12,14,26H,13H2,1-2H3,(H,24,27). The van der Waals surface area contributed by atoms with Gasteiger partial charge in [-0.15, -0.1) is 11.3 Å². The average molecular weight is 468 g/mol. The zero-order valence-corrected chi connectivity index (χ0v) is 19.1. The lowest BCUT2D eigenvalue weighted by Gasteiger charge is -2.13. The third kappa shape index (κ3) is 4.90. The molecule has 0 fully saturated rings. The predicted octanol–water partition coefficient (Wildman–Crippen LogP) is 5.00. The second kappa shape index (κ2) is 8.97. The first-order chi connectivity index (χ1) is 15.3. The third-order valence-electron chi connectivity index (χ3n) is 4.79. The number of anilines is 2. The number of benzene rings is 2. The molecule has 2 aromatic carbocycles. The molecule has 9 heteroatoms. The van der Waals surface area contributed by atoms with Crippen LogP contribution >= 0.6 is 11.3 Å². The second-order valence-corrected chi connectivity index (χ2v) is 9.78. The summed E-state index contributed by atoms with van der Waals surface area (Å²) in [6.07, 6.45) is 1.68. The summed E-state index contributed by atoms with van der Waals surface area (Å²) in [5.41, 5.74) is 3.39. The summed E-state index contributed by atoms with van der Waals surface area (Å²) in [6, 6.07) is 15.2. The minimum absolute atomic E-state index is 0.103. The van der Waals surface area contributed by atoms with Crippen LogP contribution in [-0.4, -0.2) is 19.3 Å². The molecule has 0 aliphatic rings. The average Bonchev–Trinajstić information content (AvgIpc) is 3.43. The molecule has 2 N–H and O–H groups in total. The number of hydrogen-bond donors (Lipinski definition) is 2. The molecular formula is C23H21N3O4S2. The van der Waals surface area contributed by atoms with Gasteiger partial charge in [0.15, 0.2) is 10.8 Å². The summed E-state index contributed by atoms with van der Waals surface area (Å²) in [5.74, 6) is 0.415. The van der Waals surface area contributed by atoms with Gasteiger partial charge in [0, 0.05) is 11.1 Å². The quantitative estimate of drug-likeness (QED) is 0.398. The zero-order valence-electron chi connectivity index (χ0n) is 17.5. The molecule has 164 valence electrons. The Bertz CT molecular complexity index is 1320. The van der Waals surface area contributed by atoms with Crippen LogP contribution < -0.4 is 10.0 Å². The molecule has 7 nitrogen and oxygen atoms in total. The summed E-state index contributed by atoms with van der Waals surface area (Å²) in [5, 5.41) is 5.29. The van der Waals surface area contributed by atoms with Crippen molar-refractivity contribution in [1.82, 2.24) is 4.98 Å². The van der Waals surface area contributed by atoms with Crippen LogP contribution in [0.3, 0.4) is 0 Å². The number of amides is 1. The summed E-state index contributed by atoms with van der Waals surface area (Å²) >= 11 is 1.40. The van der Waals surface area contributed by atoms with Crippen molar-refractivity contribution in [3.8, 4) is 10.8 Å². The lowest BCUT2D eigenvalue weighted by Crippen LogP contribution is -2.16. The van der Waals surface area contributed by atoms with Gasteiger partial charge in [-0.25, -0.2) is 13.4 Å². The van der Waals surface area contributed by atoms with E-state index in [1.54, 1.807) is 24.5 Å². The molecule has 0 saturated carbocycles. The normalized spacial score (nSPS) is 11.3. The van der Waals surface area contributed by atoms with E-state index in [1.807, 2.05) is 43.5 Å². The number of aryl methyl sites for hydroxylation is 2. The van der Waals surface area contributed by atoms with Gasteiger partial charge < -0.3 is 9.73 Å². The van der Waals surface area contributed by atoms with Crippen LogP contribution in [0.4, 0.5) is 11.4 Å². The van der Waals surface area contributed by atoms with Crippen molar-refractivity contribution in [2.24, 2.45) is 0 Å². The molecule has 1 amide bonds. The first kappa shape index (κ1) is 21.8. The molecule has 0 atom stereocenters. The summed E-state index contributed by atoms with van der Waals surface area (Å²) in [6.45, 7) is 3.70. The van der Waals surface area contributed by atoms with Crippen LogP contribution in [0.2, 0.25) is 0 Å². The number of nitrogens with zero attached hydrogens (tertiary/aromatic N) is 1. The highest BCUT2D eigenvalue weighted by Gasteiger charge is 2.17. The van der Waals surface area contributed by atoms with E-state index >= 15 is 0 Å². The van der Waals surface area contributed by atoms with E-state index < -0.39 is 10.0 Å². The molecule has 4 rings (SSSR count). The van der Waals surface area contributed by atoms with E-state index in [9.17, 15) is 13.2 Å². The van der Waals surface area contributed by atoms with E-state index in [2.05, 4.69) is 15.0 Å². The number of thiazole rings is 1. The highest BCUT2D eigenvalue weighted by atomic mass is 32.2. The Morgan fingerprint density at radius 2 is 1.75 bits per heavy atom. The lowest BCUT2D eigenvalue weighted by molar-refractivity contribution is -0.115. The van der Waals surface area contributed by atoms with Crippen LogP contribution in [-0.2, 0) is 21.2 Å². The monoisotopic (exact) mass is 467 g/mol. The highest BCUT2D eigenvalue weighted by molar-refractivity contribution is 7.92. The van der Waals surface area contributed by atoms with Gasteiger partial charge in [-0.1, -0.05) is 18.2 Å². The molecule has 2 aromatic heterocycles. The Kier molecular flexibility index (Phi) is 6.11. The van der Waals surface area contributed by atoms with Gasteiger partial charge in [-0.2, -0.15) is 0 Å². The van der Waals surface area contributed by atoms with Crippen LogP contribution in [0, 0.1) is 13.8 Å². The van der Waals surface area contributed by atoms with E-state index in [4.69, 9.17) is 4.42 Å². The number of carbonyl (C=O) groups is 1. The van der Waals surface area contributed by atoms with Gasteiger partial charge in [0.2, 0.25) is 5.91 Å². The van der Waals surface area contributed by atoms with Crippen LogP contribution in [0.1, 0.15) is 16.8 Å². The number of para-hydroxylation sites is 1. The molecule has 0 saturated heterocycles. The van der Waals surface area contributed by atoms with Crippen LogP contribution in [0.25, 0.3) is 10.8 Å². The van der Waals surface area contributed by atoms with Crippen molar-refractivity contribution in [3.05, 3.63) is 83.1 Å². The molecule has 0 aliphatic heterocycles. The van der Waals surface area contributed by atoms with Crippen molar-refractivity contribution in [3.63, 3.8) is 0 Å². The molecule has 2 heterocycles. The minimum Gasteiger partial charge on any atom is -0.462 e. The van der Waals surface area contributed by atoms with Crippen molar-refractivity contribution >= 4 is 38.6 Å².